The highest BCUT2D eigenvalue weighted by Gasteiger charge is 2.27. The number of hydrogen-bond acceptors (Lipinski definition) is 4. The molecule has 1 aromatic heterocycles. The molecule has 0 saturated carbocycles. The Morgan fingerprint density at radius 3 is 2.56 bits per heavy atom. The SMILES string of the molecule is COc1ccc2cc(C(=O)N[C@H]3CCc4cc(OC)c(OC)cc43)[nH]c2c1. The molecule has 1 aliphatic rings. The number of aryl methyl sites for hydroxylation is 1. The fraction of sp³-hybridized carbons (Fsp3) is 0.286. The van der Waals surface area contributed by atoms with Gasteiger partial charge in [-0.05, 0) is 54.3 Å². The number of methoxy groups -OCH3 is 3. The standard InChI is InChI=1S/C21H22N2O4/c1-25-14-6-4-13-8-18(22-17(13)10-14)21(24)23-16-7-5-12-9-19(26-2)20(27-3)11-15(12)16/h4,6,8-11,16,22H,5,7H2,1-3H3,(H,23,24)/t16-/m0/s1. The Balaban J connectivity index is 1.58. The number of carbonyl (C=O) groups excluding carboxylic acids is 1. The largest absolute Gasteiger partial charge is 0.497 e. The highest BCUT2D eigenvalue weighted by molar-refractivity contribution is 5.98. The molecule has 0 spiro atoms. The van der Waals surface area contributed by atoms with E-state index in [0.29, 0.717) is 17.2 Å². The van der Waals surface area contributed by atoms with Crippen molar-refractivity contribution < 1.29 is 19.0 Å². The van der Waals surface area contributed by atoms with Gasteiger partial charge in [-0.2, -0.15) is 0 Å². The van der Waals surface area contributed by atoms with Crippen molar-refractivity contribution in [2.45, 2.75) is 18.9 Å². The zero-order valence-corrected chi connectivity index (χ0v) is 15.6. The van der Waals surface area contributed by atoms with E-state index in [9.17, 15) is 4.79 Å². The lowest BCUT2D eigenvalue weighted by Crippen LogP contribution is -2.27. The van der Waals surface area contributed by atoms with Crippen LogP contribution in [0, 0.1) is 0 Å². The number of carbonyl (C=O) groups is 1. The highest BCUT2D eigenvalue weighted by atomic mass is 16.5. The topological polar surface area (TPSA) is 72.6 Å². The number of hydrogen-bond donors (Lipinski definition) is 2. The van der Waals surface area contributed by atoms with Crippen molar-refractivity contribution in [3.05, 3.63) is 53.2 Å². The van der Waals surface area contributed by atoms with E-state index in [2.05, 4.69) is 10.3 Å². The number of nitrogens with one attached hydrogen (secondary N) is 2. The number of ether oxygens (including phenoxy) is 3. The fourth-order valence-corrected chi connectivity index (χ4v) is 3.67. The molecular weight excluding hydrogens is 344 g/mol. The van der Waals surface area contributed by atoms with Gasteiger partial charge >= 0.3 is 0 Å². The second kappa shape index (κ2) is 6.87. The number of benzene rings is 2. The van der Waals surface area contributed by atoms with Gasteiger partial charge in [-0.1, -0.05) is 0 Å². The van der Waals surface area contributed by atoms with E-state index < -0.39 is 0 Å². The van der Waals surface area contributed by atoms with Crippen molar-refractivity contribution in [3.8, 4) is 17.2 Å². The molecule has 6 heteroatoms. The Morgan fingerprint density at radius 1 is 1.04 bits per heavy atom. The third kappa shape index (κ3) is 3.07. The summed E-state index contributed by atoms with van der Waals surface area (Å²) in [5.41, 5.74) is 3.67. The molecule has 4 rings (SSSR count). The third-order valence-corrected chi connectivity index (χ3v) is 5.10. The molecule has 27 heavy (non-hydrogen) atoms. The first-order valence-electron chi connectivity index (χ1n) is 8.85. The Hall–Kier alpha value is -3.15. The van der Waals surface area contributed by atoms with Crippen molar-refractivity contribution >= 4 is 16.8 Å². The van der Waals surface area contributed by atoms with Crippen LogP contribution in [0.5, 0.6) is 17.2 Å². The molecule has 1 amide bonds. The zero-order chi connectivity index (χ0) is 19.0. The van der Waals surface area contributed by atoms with E-state index in [4.69, 9.17) is 14.2 Å². The smallest absolute Gasteiger partial charge is 0.268 e. The van der Waals surface area contributed by atoms with Crippen molar-refractivity contribution in [2.24, 2.45) is 0 Å². The lowest BCUT2D eigenvalue weighted by atomic mass is 10.1. The Labute approximate surface area is 157 Å². The van der Waals surface area contributed by atoms with Gasteiger partial charge in [0.25, 0.3) is 5.91 Å². The minimum absolute atomic E-state index is 0.0479. The van der Waals surface area contributed by atoms with Crippen LogP contribution in [-0.2, 0) is 6.42 Å². The van der Waals surface area contributed by atoms with Gasteiger partial charge in [0.1, 0.15) is 11.4 Å². The first-order valence-corrected chi connectivity index (χ1v) is 8.85. The van der Waals surface area contributed by atoms with Crippen molar-refractivity contribution in [1.82, 2.24) is 10.3 Å². The highest BCUT2D eigenvalue weighted by Crippen LogP contribution is 2.39. The number of amides is 1. The maximum absolute atomic E-state index is 12.8. The molecule has 140 valence electrons. The zero-order valence-electron chi connectivity index (χ0n) is 15.6. The molecule has 3 aromatic rings. The van der Waals surface area contributed by atoms with Crippen LogP contribution in [0.25, 0.3) is 10.9 Å². The van der Waals surface area contributed by atoms with Crippen LogP contribution in [0.15, 0.2) is 36.4 Å². The average molecular weight is 366 g/mol. The van der Waals surface area contributed by atoms with Crippen molar-refractivity contribution in [3.63, 3.8) is 0 Å². The molecule has 6 nitrogen and oxygen atoms in total. The second-order valence-electron chi connectivity index (χ2n) is 6.61. The van der Waals surface area contributed by atoms with Crippen LogP contribution in [0.4, 0.5) is 0 Å². The second-order valence-corrected chi connectivity index (χ2v) is 6.61. The Morgan fingerprint density at radius 2 is 1.81 bits per heavy atom. The van der Waals surface area contributed by atoms with E-state index in [1.54, 1.807) is 21.3 Å². The first kappa shape index (κ1) is 17.3. The minimum atomic E-state index is -0.127. The Bertz CT molecular complexity index is 1010. The average Bonchev–Trinajstić information content (AvgIpc) is 3.29. The molecule has 0 radical (unpaired) electrons. The van der Waals surface area contributed by atoms with Crippen molar-refractivity contribution in [1.29, 1.82) is 0 Å². The van der Waals surface area contributed by atoms with E-state index in [-0.39, 0.29) is 11.9 Å². The lowest BCUT2D eigenvalue weighted by molar-refractivity contribution is 0.0932. The maximum Gasteiger partial charge on any atom is 0.268 e. The summed E-state index contributed by atoms with van der Waals surface area (Å²) in [6.45, 7) is 0. The number of aromatic amines is 1. The molecule has 0 aliphatic heterocycles. The number of H-pyrrole nitrogens is 1. The fourth-order valence-electron chi connectivity index (χ4n) is 3.67. The maximum atomic E-state index is 12.8. The van der Waals surface area contributed by atoms with Gasteiger partial charge < -0.3 is 24.5 Å². The minimum Gasteiger partial charge on any atom is -0.497 e. The van der Waals surface area contributed by atoms with E-state index in [1.165, 1.54) is 5.56 Å². The molecule has 0 unspecified atom stereocenters. The van der Waals surface area contributed by atoms with Crippen LogP contribution in [-0.4, -0.2) is 32.2 Å². The van der Waals surface area contributed by atoms with Gasteiger partial charge in [0.05, 0.1) is 27.4 Å². The van der Waals surface area contributed by atoms with Gasteiger partial charge in [-0.25, -0.2) is 0 Å². The summed E-state index contributed by atoms with van der Waals surface area (Å²) in [5, 5.41) is 4.10. The molecule has 1 atom stereocenters. The first-order chi connectivity index (χ1) is 13.1. The van der Waals surface area contributed by atoms with Gasteiger partial charge in [-0.15, -0.1) is 0 Å². The summed E-state index contributed by atoms with van der Waals surface area (Å²) in [6.07, 6.45) is 1.75. The van der Waals surface area contributed by atoms with Crippen LogP contribution in [0.3, 0.4) is 0 Å². The predicted octanol–water partition coefficient (Wildman–Crippen LogP) is 3.61. The van der Waals surface area contributed by atoms with Gasteiger partial charge in [0.2, 0.25) is 0 Å². The van der Waals surface area contributed by atoms with E-state index in [1.807, 2.05) is 36.4 Å². The summed E-state index contributed by atoms with van der Waals surface area (Å²) in [7, 11) is 4.87. The molecular formula is C21H22N2O4. The molecule has 1 heterocycles. The van der Waals surface area contributed by atoms with E-state index >= 15 is 0 Å². The van der Waals surface area contributed by atoms with Gasteiger partial charge in [0.15, 0.2) is 11.5 Å². The molecule has 0 bridgehead atoms. The van der Waals surface area contributed by atoms with Crippen molar-refractivity contribution in [2.75, 3.05) is 21.3 Å². The molecule has 0 saturated heterocycles. The van der Waals surface area contributed by atoms with Gasteiger partial charge in [0, 0.05) is 17.0 Å². The number of aromatic nitrogens is 1. The van der Waals surface area contributed by atoms with E-state index in [0.717, 1.165) is 35.1 Å². The normalized spacial score (nSPS) is 15.4. The summed E-state index contributed by atoms with van der Waals surface area (Å²) in [5.74, 6) is 2.02. The van der Waals surface area contributed by atoms with Gasteiger partial charge in [-0.3, -0.25) is 4.79 Å². The lowest BCUT2D eigenvalue weighted by Gasteiger charge is -2.16. The summed E-state index contributed by atoms with van der Waals surface area (Å²) in [6, 6.07) is 11.5. The monoisotopic (exact) mass is 366 g/mol. The summed E-state index contributed by atoms with van der Waals surface area (Å²) >= 11 is 0. The third-order valence-electron chi connectivity index (χ3n) is 5.10. The van der Waals surface area contributed by atoms with Crippen LogP contribution < -0.4 is 19.5 Å². The molecule has 1 aliphatic carbocycles. The molecule has 0 fully saturated rings. The predicted molar refractivity (Wildman–Crippen MR) is 103 cm³/mol. The van der Waals surface area contributed by atoms with Crippen LogP contribution >= 0.6 is 0 Å². The summed E-state index contributed by atoms with van der Waals surface area (Å²) < 4.78 is 16.0. The number of rotatable bonds is 5. The van der Waals surface area contributed by atoms with Crippen LogP contribution in [0.2, 0.25) is 0 Å². The van der Waals surface area contributed by atoms with Crippen LogP contribution in [0.1, 0.15) is 34.1 Å². The number of fused-ring (bicyclic) bond motifs is 2. The Kier molecular flexibility index (Phi) is 4.39. The molecule has 2 aromatic carbocycles. The quantitative estimate of drug-likeness (QED) is 0.724. The molecule has 2 N–H and O–H groups in total. The summed E-state index contributed by atoms with van der Waals surface area (Å²) in [4.78, 5) is 16.0.